The highest BCUT2D eigenvalue weighted by Gasteiger charge is 2.24. The van der Waals surface area contributed by atoms with Crippen molar-refractivity contribution in [3.63, 3.8) is 0 Å². The molecule has 1 aromatic rings. The minimum atomic E-state index is 0.242. The van der Waals surface area contributed by atoms with Crippen molar-refractivity contribution >= 4 is 5.82 Å². The molecule has 1 unspecified atom stereocenters. The number of aromatic nitrogens is 1. The second-order valence-electron chi connectivity index (χ2n) is 5.72. The highest BCUT2D eigenvalue weighted by atomic mass is 15.2. The molecule has 0 aromatic carbocycles. The molecule has 0 saturated heterocycles. The third-order valence-corrected chi connectivity index (χ3v) is 3.44. The van der Waals surface area contributed by atoms with Gasteiger partial charge in [0.1, 0.15) is 5.82 Å². The Morgan fingerprint density at radius 1 is 1.35 bits per heavy atom. The van der Waals surface area contributed by atoms with Crippen LogP contribution in [0.2, 0.25) is 0 Å². The molecule has 1 rings (SSSR count). The smallest absolute Gasteiger partial charge is 0.128 e. The highest BCUT2D eigenvalue weighted by Crippen LogP contribution is 2.26. The van der Waals surface area contributed by atoms with Gasteiger partial charge in [-0.05, 0) is 36.9 Å². The Bertz CT molecular complexity index is 337. The lowest BCUT2D eigenvalue weighted by atomic mass is 9.87. The summed E-state index contributed by atoms with van der Waals surface area (Å²) in [4.78, 5) is 6.73. The van der Waals surface area contributed by atoms with Crippen LogP contribution < -0.4 is 10.6 Å². The van der Waals surface area contributed by atoms with Gasteiger partial charge >= 0.3 is 0 Å². The number of hydrogen-bond acceptors (Lipinski definition) is 3. The summed E-state index contributed by atoms with van der Waals surface area (Å²) in [5.41, 5.74) is 6.97. The van der Waals surface area contributed by atoms with Crippen LogP contribution in [0.4, 0.5) is 5.82 Å². The Labute approximate surface area is 105 Å². The fourth-order valence-corrected chi connectivity index (χ4v) is 1.72. The monoisotopic (exact) mass is 235 g/mol. The van der Waals surface area contributed by atoms with Crippen molar-refractivity contribution in [3.8, 4) is 0 Å². The van der Waals surface area contributed by atoms with Crippen LogP contribution in [0.1, 0.15) is 33.3 Å². The molecule has 0 aliphatic carbocycles. The quantitative estimate of drug-likeness (QED) is 0.871. The first-order chi connectivity index (χ1) is 7.86. The second kappa shape index (κ2) is 5.50. The van der Waals surface area contributed by atoms with Crippen LogP contribution in [-0.2, 0) is 6.42 Å². The molecule has 0 aliphatic heterocycles. The predicted molar refractivity (Wildman–Crippen MR) is 74.3 cm³/mol. The first-order valence-corrected chi connectivity index (χ1v) is 6.24. The molecule has 1 aromatic heterocycles. The predicted octanol–water partition coefficient (Wildman–Crippen LogP) is 2.45. The molecule has 0 amide bonds. The van der Waals surface area contributed by atoms with E-state index >= 15 is 0 Å². The minimum Gasteiger partial charge on any atom is -0.356 e. The summed E-state index contributed by atoms with van der Waals surface area (Å²) in [6, 6.07) is 4.63. The zero-order valence-corrected chi connectivity index (χ0v) is 11.7. The van der Waals surface area contributed by atoms with Crippen LogP contribution in [0.3, 0.4) is 0 Å². The Morgan fingerprint density at radius 2 is 2.00 bits per heavy atom. The zero-order valence-electron chi connectivity index (χ0n) is 11.7. The number of rotatable bonds is 4. The largest absolute Gasteiger partial charge is 0.356 e. The van der Waals surface area contributed by atoms with Crippen molar-refractivity contribution in [3.05, 3.63) is 23.9 Å². The first-order valence-electron chi connectivity index (χ1n) is 6.24. The van der Waals surface area contributed by atoms with Gasteiger partial charge in [0.05, 0.1) is 0 Å². The van der Waals surface area contributed by atoms with Gasteiger partial charge in [-0.3, -0.25) is 0 Å². The average Bonchev–Trinajstić information content (AvgIpc) is 2.27. The van der Waals surface area contributed by atoms with Gasteiger partial charge in [0.15, 0.2) is 0 Å². The number of nitrogens with zero attached hydrogens (tertiary/aromatic N) is 2. The Kier molecular flexibility index (Phi) is 4.52. The lowest BCUT2D eigenvalue weighted by Gasteiger charge is -2.36. The van der Waals surface area contributed by atoms with Gasteiger partial charge in [-0.15, -0.1) is 0 Å². The number of hydrogen-bond donors (Lipinski definition) is 1. The molecule has 0 aliphatic rings. The van der Waals surface area contributed by atoms with Crippen LogP contribution in [0, 0.1) is 5.41 Å². The number of nitrogens with two attached hydrogens (primary N) is 1. The molecule has 3 heteroatoms. The van der Waals surface area contributed by atoms with Gasteiger partial charge in [-0.1, -0.05) is 26.8 Å². The standard InChI is InChI=1S/C14H25N3/c1-11(14(2,3)4)17(5)13-7-6-12(8-9-15)10-16-13/h6-7,10-11H,8-9,15H2,1-5H3. The van der Waals surface area contributed by atoms with E-state index in [1.165, 1.54) is 5.56 Å². The van der Waals surface area contributed by atoms with Crippen LogP contribution in [0.25, 0.3) is 0 Å². The Balaban J connectivity index is 2.79. The van der Waals surface area contributed by atoms with Crippen molar-refractivity contribution in [2.24, 2.45) is 11.1 Å². The van der Waals surface area contributed by atoms with Crippen molar-refractivity contribution in [1.29, 1.82) is 0 Å². The summed E-state index contributed by atoms with van der Waals surface area (Å²) >= 11 is 0. The molecule has 2 N–H and O–H groups in total. The number of pyridine rings is 1. The van der Waals surface area contributed by atoms with E-state index in [2.05, 4.69) is 56.8 Å². The van der Waals surface area contributed by atoms with Crippen LogP contribution in [-0.4, -0.2) is 24.6 Å². The molecule has 17 heavy (non-hydrogen) atoms. The van der Waals surface area contributed by atoms with Crippen LogP contribution in [0.5, 0.6) is 0 Å². The third kappa shape index (κ3) is 3.70. The van der Waals surface area contributed by atoms with E-state index in [0.29, 0.717) is 12.6 Å². The summed E-state index contributed by atoms with van der Waals surface area (Å²) in [6.07, 6.45) is 2.82. The van der Waals surface area contributed by atoms with Gasteiger partial charge in [0.2, 0.25) is 0 Å². The molecular weight excluding hydrogens is 210 g/mol. The summed E-state index contributed by atoms with van der Waals surface area (Å²) in [6.45, 7) is 9.65. The number of anilines is 1. The van der Waals surface area contributed by atoms with E-state index in [9.17, 15) is 0 Å². The molecule has 96 valence electrons. The molecule has 1 atom stereocenters. The molecule has 0 radical (unpaired) electrons. The maximum Gasteiger partial charge on any atom is 0.128 e. The SMILES string of the molecule is CC(N(C)c1ccc(CCN)cn1)C(C)(C)C. The maximum absolute atomic E-state index is 5.53. The van der Waals surface area contributed by atoms with E-state index < -0.39 is 0 Å². The fraction of sp³-hybridized carbons (Fsp3) is 0.643. The molecule has 3 nitrogen and oxygen atoms in total. The Hall–Kier alpha value is -1.09. The van der Waals surface area contributed by atoms with Crippen LogP contribution in [0.15, 0.2) is 18.3 Å². The van der Waals surface area contributed by atoms with Crippen molar-refractivity contribution < 1.29 is 0 Å². The maximum atomic E-state index is 5.53. The van der Waals surface area contributed by atoms with Crippen LogP contribution >= 0.6 is 0 Å². The van der Waals surface area contributed by atoms with Crippen molar-refractivity contribution in [2.75, 3.05) is 18.5 Å². The first kappa shape index (κ1) is 14.0. The van der Waals surface area contributed by atoms with E-state index in [4.69, 9.17) is 5.73 Å². The molecule has 1 heterocycles. The van der Waals surface area contributed by atoms with E-state index in [0.717, 1.165) is 12.2 Å². The fourth-order valence-electron chi connectivity index (χ4n) is 1.72. The summed E-state index contributed by atoms with van der Waals surface area (Å²) in [7, 11) is 2.10. The van der Waals surface area contributed by atoms with Crippen molar-refractivity contribution in [2.45, 2.75) is 40.2 Å². The molecule has 0 bridgehead atoms. The normalized spacial score (nSPS) is 13.5. The van der Waals surface area contributed by atoms with Gasteiger partial charge in [-0.25, -0.2) is 4.98 Å². The molecule has 0 saturated carbocycles. The topological polar surface area (TPSA) is 42.1 Å². The zero-order chi connectivity index (χ0) is 13.1. The van der Waals surface area contributed by atoms with Gasteiger partial charge in [-0.2, -0.15) is 0 Å². The third-order valence-electron chi connectivity index (χ3n) is 3.44. The average molecular weight is 235 g/mol. The molecule has 0 fully saturated rings. The van der Waals surface area contributed by atoms with E-state index in [1.54, 1.807) is 0 Å². The Morgan fingerprint density at radius 3 is 2.41 bits per heavy atom. The van der Waals surface area contributed by atoms with E-state index in [1.807, 2.05) is 6.20 Å². The van der Waals surface area contributed by atoms with Gasteiger partial charge < -0.3 is 10.6 Å². The highest BCUT2D eigenvalue weighted by molar-refractivity contribution is 5.40. The van der Waals surface area contributed by atoms with Crippen molar-refractivity contribution in [1.82, 2.24) is 4.98 Å². The minimum absolute atomic E-state index is 0.242. The van der Waals surface area contributed by atoms with Gasteiger partial charge in [0, 0.05) is 19.3 Å². The second-order valence-corrected chi connectivity index (χ2v) is 5.72. The summed E-state index contributed by atoms with van der Waals surface area (Å²) in [5.74, 6) is 1.02. The lowest BCUT2D eigenvalue weighted by molar-refractivity contribution is 0.328. The molecular formula is C14H25N3. The molecule has 0 spiro atoms. The van der Waals surface area contributed by atoms with Gasteiger partial charge in [0.25, 0.3) is 0 Å². The summed E-state index contributed by atoms with van der Waals surface area (Å²) in [5, 5.41) is 0. The van der Waals surface area contributed by atoms with E-state index in [-0.39, 0.29) is 5.41 Å². The lowest BCUT2D eigenvalue weighted by Crippen LogP contribution is -2.39. The summed E-state index contributed by atoms with van der Waals surface area (Å²) < 4.78 is 0.